The molecule has 7 heteroatoms. The number of fused-ring (bicyclic) bond motifs is 3. The van der Waals surface area contributed by atoms with Crippen LogP contribution < -0.4 is 10.1 Å². The smallest absolute Gasteiger partial charge is 0.234 e. The number of hydrogen-bond acceptors (Lipinski definition) is 6. The third kappa shape index (κ3) is 3.38. The summed E-state index contributed by atoms with van der Waals surface area (Å²) in [6.07, 6.45) is 2.43. The van der Waals surface area contributed by atoms with Gasteiger partial charge in [0, 0.05) is 35.4 Å². The number of imide groups is 1. The first kappa shape index (κ1) is 17.5. The molecule has 3 heterocycles. The van der Waals surface area contributed by atoms with Crippen molar-refractivity contribution in [3.8, 4) is 5.88 Å². The maximum Gasteiger partial charge on any atom is 0.234 e. The predicted molar refractivity (Wildman–Crippen MR) is 101 cm³/mol. The van der Waals surface area contributed by atoms with Gasteiger partial charge < -0.3 is 14.1 Å². The molecule has 0 aliphatic carbocycles. The fourth-order valence-electron chi connectivity index (χ4n) is 3.41. The van der Waals surface area contributed by atoms with Crippen LogP contribution in [0.25, 0.3) is 21.9 Å². The predicted octanol–water partition coefficient (Wildman–Crippen LogP) is 2.44. The molecule has 7 nitrogen and oxygen atoms in total. The summed E-state index contributed by atoms with van der Waals surface area (Å²) in [6.45, 7) is 1.36. The fraction of sp³-hybridized carbons (Fsp3) is 0.350. The van der Waals surface area contributed by atoms with Crippen LogP contribution >= 0.6 is 0 Å². The van der Waals surface area contributed by atoms with E-state index in [1.807, 2.05) is 43.3 Å². The van der Waals surface area contributed by atoms with E-state index in [1.54, 1.807) is 6.26 Å². The Morgan fingerprint density at radius 2 is 2.11 bits per heavy atom. The number of ether oxygens (including phenoxy) is 1. The fourth-order valence-corrected chi connectivity index (χ4v) is 3.41. The molecular weight excluding hydrogens is 346 g/mol. The van der Waals surface area contributed by atoms with E-state index < -0.39 is 5.92 Å². The molecular formula is C20H21N3O4. The van der Waals surface area contributed by atoms with Gasteiger partial charge in [-0.2, -0.15) is 0 Å². The van der Waals surface area contributed by atoms with Gasteiger partial charge in [-0.1, -0.05) is 0 Å². The van der Waals surface area contributed by atoms with Crippen molar-refractivity contribution in [2.24, 2.45) is 0 Å². The Hall–Kier alpha value is -2.93. The lowest BCUT2D eigenvalue weighted by molar-refractivity contribution is -0.134. The van der Waals surface area contributed by atoms with Gasteiger partial charge in [-0.05, 0) is 38.7 Å². The van der Waals surface area contributed by atoms with Gasteiger partial charge in [0.15, 0.2) is 0 Å². The minimum atomic E-state index is -0.398. The highest BCUT2D eigenvalue weighted by atomic mass is 16.5. The number of pyridine rings is 1. The van der Waals surface area contributed by atoms with Crippen LogP contribution in [0, 0.1) is 0 Å². The number of carbonyl (C=O) groups is 2. The van der Waals surface area contributed by atoms with Gasteiger partial charge in [-0.15, -0.1) is 0 Å². The Labute approximate surface area is 156 Å². The average molecular weight is 367 g/mol. The van der Waals surface area contributed by atoms with Gasteiger partial charge in [-0.3, -0.25) is 14.9 Å². The summed E-state index contributed by atoms with van der Waals surface area (Å²) in [5.74, 6) is -0.335. The van der Waals surface area contributed by atoms with Crippen molar-refractivity contribution in [3.05, 3.63) is 36.1 Å². The highest BCUT2D eigenvalue weighted by molar-refractivity contribution is 6.09. The van der Waals surface area contributed by atoms with E-state index in [1.165, 1.54) is 0 Å². The first-order valence-electron chi connectivity index (χ1n) is 8.95. The Morgan fingerprint density at radius 3 is 2.89 bits per heavy atom. The highest BCUT2D eigenvalue weighted by Gasteiger charge is 2.31. The molecule has 0 spiro atoms. The zero-order chi connectivity index (χ0) is 19.0. The Kier molecular flexibility index (Phi) is 4.53. The van der Waals surface area contributed by atoms with Gasteiger partial charge >= 0.3 is 0 Å². The molecule has 1 aromatic carbocycles. The van der Waals surface area contributed by atoms with Gasteiger partial charge in [0.1, 0.15) is 12.2 Å². The molecule has 0 radical (unpaired) electrons. The van der Waals surface area contributed by atoms with Crippen LogP contribution in [0.4, 0.5) is 0 Å². The van der Waals surface area contributed by atoms with E-state index in [4.69, 9.17) is 9.15 Å². The van der Waals surface area contributed by atoms with E-state index >= 15 is 0 Å². The Balaban J connectivity index is 1.71. The number of carbonyl (C=O) groups excluding carboxylic acids is 2. The highest BCUT2D eigenvalue weighted by Crippen LogP contribution is 2.36. The van der Waals surface area contributed by atoms with Crippen molar-refractivity contribution in [2.75, 3.05) is 27.2 Å². The average Bonchev–Trinajstić information content (AvgIpc) is 3.05. The number of amides is 2. The third-order valence-electron chi connectivity index (χ3n) is 4.81. The number of hydrogen-bond donors (Lipinski definition) is 1. The summed E-state index contributed by atoms with van der Waals surface area (Å²) in [5.41, 5.74) is 2.27. The number of piperidine rings is 1. The molecule has 1 aliphatic rings. The zero-order valence-electron chi connectivity index (χ0n) is 15.3. The normalized spacial score (nSPS) is 17.7. The van der Waals surface area contributed by atoms with Crippen LogP contribution in [-0.4, -0.2) is 48.9 Å². The number of rotatable bonds is 5. The molecule has 0 bridgehead atoms. The monoisotopic (exact) mass is 367 g/mol. The summed E-state index contributed by atoms with van der Waals surface area (Å²) >= 11 is 0. The number of aromatic nitrogens is 1. The van der Waals surface area contributed by atoms with E-state index in [2.05, 4.69) is 10.3 Å². The van der Waals surface area contributed by atoms with Gasteiger partial charge in [0.25, 0.3) is 0 Å². The largest absolute Gasteiger partial charge is 0.476 e. The first-order valence-corrected chi connectivity index (χ1v) is 8.95. The lowest BCUT2D eigenvalue weighted by Gasteiger charge is -2.20. The lowest BCUT2D eigenvalue weighted by atomic mass is 9.89. The van der Waals surface area contributed by atoms with E-state index in [0.29, 0.717) is 30.9 Å². The summed E-state index contributed by atoms with van der Waals surface area (Å²) in [6, 6.07) is 7.51. The Morgan fingerprint density at radius 1 is 1.26 bits per heavy atom. The van der Waals surface area contributed by atoms with Crippen molar-refractivity contribution in [1.29, 1.82) is 0 Å². The molecule has 140 valence electrons. The molecule has 1 saturated heterocycles. The standard InChI is InChI=1S/C20H21N3O4/c1-23(2)9-10-26-18-8-4-13-15(21-18)5-6-16-19(13)14(11-27-16)12-3-7-17(24)22-20(12)25/h4-6,8,11-12H,3,7,9-10H2,1-2H3,(H,22,24,25)/t12-/m0/s1. The second-order valence-electron chi connectivity index (χ2n) is 7.00. The second-order valence-corrected chi connectivity index (χ2v) is 7.00. The quantitative estimate of drug-likeness (QED) is 0.697. The topological polar surface area (TPSA) is 84.7 Å². The molecule has 1 atom stereocenters. The maximum atomic E-state index is 12.3. The second kappa shape index (κ2) is 7.00. The molecule has 1 N–H and O–H groups in total. The molecule has 2 aromatic heterocycles. The lowest BCUT2D eigenvalue weighted by Crippen LogP contribution is -2.39. The SMILES string of the molecule is CN(C)CCOc1ccc2c(ccc3occ([C@@H]4CCC(=O)NC4=O)c32)n1. The molecule has 4 rings (SSSR count). The van der Waals surface area contributed by atoms with Crippen molar-refractivity contribution in [2.45, 2.75) is 18.8 Å². The van der Waals surface area contributed by atoms with Gasteiger partial charge in [0.2, 0.25) is 17.7 Å². The molecule has 2 amide bonds. The summed E-state index contributed by atoms with van der Waals surface area (Å²) in [7, 11) is 3.98. The van der Waals surface area contributed by atoms with Crippen molar-refractivity contribution < 1.29 is 18.7 Å². The van der Waals surface area contributed by atoms with Crippen LogP contribution in [0.1, 0.15) is 24.3 Å². The summed E-state index contributed by atoms with van der Waals surface area (Å²) in [4.78, 5) is 30.4. The van der Waals surface area contributed by atoms with Crippen LogP contribution in [0.2, 0.25) is 0 Å². The Bertz CT molecular complexity index is 1020. The van der Waals surface area contributed by atoms with Gasteiger partial charge in [-0.25, -0.2) is 4.98 Å². The molecule has 3 aromatic rings. The van der Waals surface area contributed by atoms with E-state index in [9.17, 15) is 9.59 Å². The summed E-state index contributed by atoms with van der Waals surface area (Å²) < 4.78 is 11.4. The third-order valence-corrected chi connectivity index (χ3v) is 4.81. The van der Waals surface area contributed by atoms with Crippen molar-refractivity contribution >= 4 is 33.7 Å². The first-order chi connectivity index (χ1) is 13.0. The van der Waals surface area contributed by atoms with E-state index in [-0.39, 0.29) is 11.8 Å². The van der Waals surface area contributed by atoms with Crippen LogP contribution in [0.15, 0.2) is 34.9 Å². The molecule has 0 saturated carbocycles. The molecule has 1 fully saturated rings. The van der Waals surface area contributed by atoms with Crippen LogP contribution in [-0.2, 0) is 9.59 Å². The number of nitrogens with zero attached hydrogens (tertiary/aromatic N) is 2. The number of furan rings is 1. The summed E-state index contributed by atoms with van der Waals surface area (Å²) in [5, 5.41) is 4.19. The maximum absolute atomic E-state index is 12.3. The molecule has 1 aliphatic heterocycles. The van der Waals surface area contributed by atoms with Crippen molar-refractivity contribution in [3.63, 3.8) is 0 Å². The number of nitrogens with one attached hydrogen (secondary N) is 1. The number of benzene rings is 1. The minimum absolute atomic E-state index is 0.227. The van der Waals surface area contributed by atoms with Crippen molar-refractivity contribution in [1.82, 2.24) is 15.2 Å². The minimum Gasteiger partial charge on any atom is -0.476 e. The van der Waals surface area contributed by atoms with Crippen LogP contribution in [0.3, 0.4) is 0 Å². The zero-order valence-corrected chi connectivity index (χ0v) is 15.3. The van der Waals surface area contributed by atoms with Crippen LogP contribution in [0.5, 0.6) is 5.88 Å². The number of likely N-dealkylation sites (N-methyl/N-ethyl adjacent to an activating group) is 1. The molecule has 27 heavy (non-hydrogen) atoms. The van der Waals surface area contributed by atoms with Gasteiger partial charge in [0.05, 0.1) is 17.7 Å². The van der Waals surface area contributed by atoms with E-state index in [0.717, 1.165) is 28.4 Å². The molecule has 0 unspecified atom stereocenters.